The predicted octanol–water partition coefficient (Wildman–Crippen LogP) is 3.76. The number of hydrogen-bond donors (Lipinski definition) is 1. The molecular weight excluding hydrogens is 324 g/mol. The Hall–Kier alpha value is -2.73. The van der Waals surface area contributed by atoms with Crippen LogP contribution in [0.25, 0.3) is 6.08 Å². The van der Waals surface area contributed by atoms with Crippen LogP contribution >= 0.6 is 11.8 Å². The number of hydrogen-bond acceptors (Lipinski definition) is 5. The van der Waals surface area contributed by atoms with Gasteiger partial charge in [0.15, 0.2) is 5.17 Å². The van der Waals surface area contributed by atoms with Crippen LogP contribution in [0.4, 0.5) is 5.69 Å². The van der Waals surface area contributed by atoms with Gasteiger partial charge in [-0.25, -0.2) is 0 Å². The summed E-state index contributed by atoms with van der Waals surface area (Å²) in [7, 11) is 3.15. The molecule has 0 atom stereocenters. The molecule has 1 aliphatic rings. The Morgan fingerprint density at radius 3 is 2.42 bits per heavy atom. The summed E-state index contributed by atoms with van der Waals surface area (Å²) in [5.74, 6) is 1.08. The van der Waals surface area contributed by atoms with Crippen molar-refractivity contribution < 1.29 is 14.3 Å². The van der Waals surface area contributed by atoms with Crippen molar-refractivity contribution in [1.29, 1.82) is 5.41 Å². The maximum Gasteiger partial charge on any atom is 0.271 e. The average Bonchev–Trinajstić information content (AvgIpc) is 2.89. The number of benzene rings is 2. The van der Waals surface area contributed by atoms with Gasteiger partial charge in [0.05, 0.1) is 24.8 Å². The fourth-order valence-corrected chi connectivity index (χ4v) is 3.23. The quantitative estimate of drug-likeness (QED) is 0.861. The molecule has 2 aromatic carbocycles. The highest BCUT2D eigenvalue weighted by Crippen LogP contribution is 2.39. The number of carbonyl (C=O) groups excluding carboxylic acids is 1. The van der Waals surface area contributed by atoms with Crippen LogP contribution in [0.15, 0.2) is 53.4 Å². The lowest BCUT2D eigenvalue weighted by atomic mass is 10.2. The van der Waals surface area contributed by atoms with Crippen molar-refractivity contribution in [3.8, 4) is 11.5 Å². The van der Waals surface area contributed by atoms with Crippen LogP contribution in [0.2, 0.25) is 0 Å². The Bertz CT molecular complexity index is 815. The fourth-order valence-electron chi connectivity index (χ4n) is 2.37. The molecule has 0 unspecified atom stereocenters. The lowest BCUT2D eigenvalue weighted by molar-refractivity contribution is -0.113. The summed E-state index contributed by atoms with van der Waals surface area (Å²) in [6.45, 7) is 0. The summed E-state index contributed by atoms with van der Waals surface area (Å²) >= 11 is 1.13. The molecule has 1 heterocycles. The van der Waals surface area contributed by atoms with Gasteiger partial charge in [0.25, 0.3) is 5.91 Å². The van der Waals surface area contributed by atoms with E-state index in [1.165, 1.54) is 4.90 Å². The van der Waals surface area contributed by atoms with Crippen molar-refractivity contribution in [1.82, 2.24) is 0 Å². The number of carbonyl (C=O) groups is 1. The van der Waals surface area contributed by atoms with Gasteiger partial charge < -0.3 is 9.47 Å². The first-order valence-corrected chi connectivity index (χ1v) is 8.05. The van der Waals surface area contributed by atoms with Gasteiger partial charge in [0, 0.05) is 0 Å². The van der Waals surface area contributed by atoms with Crippen LogP contribution < -0.4 is 14.4 Å². The van der Waals surface area contributed by atoms with Crippen LogP contribution in [0.5, 0.6) is 11.5 Å². The average molecular weight is 340 g/mol. The monoisotopic (exact) mass is 340 g/mol. The van der Waals surface area contributed by atoms with E-state index in [0.29, 0.717) is 16.3 Å². The van der Waals surface area contributed by atoms with Crippen LogP contribution in [0, 0.1) is 5.41 Å². The second-order valence-corrected chi connectivity index (χ2v) is 6.03. The first-order chi connectivity index (χ1) is 11.6. The molecule has 122 valence electrons. The SMILES string of the molecule is COc1ccc(/C=C2/SC(=N)N(c3ccccc3OC)C2=O)cc1. The van der Waals surface area contributed by atoms with Gasteiger partial charge in [-0.3, -0.25) is 15.1 Å². The third-order valence-corrected chi connectivity index (χ3v) is 4.45. The minimum atomic E-state index is -0.231. The number of nitrogens with one attached hydrogen (secondary N) is 1. The molecular formula is C18H16N2O3S. The lowest BCUT2D eigenvalue weighted by Crippen LogP contribution is -2.28. The molecule has 1 amide bonds. The molecule has 1 fully saturated rings. The Kier molecular flexibility index (Phi) is 4.57. The minimum absolute atomic E-state index is 0.157. The van der Waals surface area contributed by atoms with E-state index in [4.69, 9.17) is 14.9 Å². The van der Waals surface area contributed by atoms with Gasteiger partial charge in [-0.2, -0.15) is 0 Å². The van der Waals surface area contributed by atoms with Crippen molar-refractivity contribution in [2.45, 2.75) is 0 Å². The van der Waals surface area contributed by atoms with Gasteiger partial charge in [0.2, 0.25) is 0 Å². The fraction of sp³-hybridized carbons (Fsp3) is 0.111. The number of ether oxygens (including phenoxy) is 2. The molecule has 3 rings (SSSR count). The van der Waals surface area contributed by atoms with Crippen molar-refractivity contribution in [3.05, 3.63) is 59.0 Å². The molecule has 2 aromatic rings. The van der Waals surface area contributed by atoms with Crippen molar-refractivity contribution in [3.63, 3.8) is 0 Å². The summed E-state index contributed by atoms with van der Waals surface area (Å²) in [5.41, 5.74) is 1.45. The molecule has 0 radical (unpaired) electrons. The standard InChI is InChI=1S/C18H16N2O3S/c1-22-13-9-7-12(8-10-13)11-16-17(21)20(18(19)24-16)14-5-3-4-6-15(14)23-2/h3-11,19H,1-2H3/b16-11+,19-18?. The molecule has 1 aliphatic heterocycles. The van der Waals surface area contributed by atoms with Crippen LogP contribution in [0.3, 0.4) is 0 Å². The molecule has 5 nitrogen and oxygen atoms in total. The second-order valence-electron chi connectivity index (χ2n) is 5.00. The largest absolute Gasteiger partial charge is 0.497 e. The van der Waals surface area contributed by atoms with E-state index in [1.54, 1.807) is 32.4 Å². The zero-order valence-electron chi connectivity index (χ0n) is 13.3. The predicted molar refractivity (Wildman–Crippen MR) is 96.8 cm³/mol. The Labute approximate surface area is 144 Å². The number of methoxy groups -OCH3 is 2. The summed E-state index contributed by atoms with van der Waals surface area (Å²) < 4.78 is 10.4. The second kappa shape index (κ2) is 6.80. The van der Waals surface area contributed by atoms with Crippen LogP contribution in [-0.4, -0.2) is 25.3 Å². The molecule has 0 aromatic heterocycles. The Morgan fingerprint density at radius 2 is 1.75 bits per heavy atom. The van der Waals surface area contributed by atoms with Gasteiger partial charge in [0.1, 0.15) is 11.5 Å². The number of para-hydroxylation sites is 2. The number of anilines is 1. The number of amides is 1. The van der Waals surface area contributed by atoms with E-state index in [1.807, 2.05) is 36.4 Å². The van der Waals surface area contributed by atoms with E-state index in [2.05, 4.69) is 0 Å². The van der Waals surface area contributed by atoms with E-state index < -0.39 is 0 Å². The topological polar surface area (TPSA) is 62.6 Å². The highest BCUT2D eigenvalue weighted by atomic mass is 32.2. The molecule has 24 heavy (non-hydrogen) atoms. The first-order valence-electron chi connectivity index (χ1n) is 7.23. The summed E-state index contributed by atoms with van der Waals surface area (Å²) in [6.07, 6.45) is 1.77. The van der Waals surface area contributed by atoms with E-state index >= 15 is 0 Å². The van der Waals surface area contributed by atoms with E-state index in [9.17, 15) is 4.79 Å². The number of nitrogens with zero attached hydrogens (tertiary/aromatic N) is 1. The zero-order chi connectivity index (χ0) is 17.1. The molecule has 0 bridgehead atoms. The maximum absolute atomic E-state index is 12.7. The lowest BCUT2D eigenvalue weighted by Gasteiger charge is -2.17. The Balaban J connectivity index is 1.92. The number of amidine groups is 1. The van der Waals surface area contributed by atoms with Crippen LogP contribution in [-0.2, 0) is 4.79 Å². The summed E-state index contributed by atoms with van der Waals surface area (Å²) in [5, 5.41) is 8.31. The van der Waals surface area contributed by atoms with Gasteiger partial charge in [-0.1, -0.05) is 24.3 Å². The number of thioether (sulfide) groups is 1. The first kappa shape index (κ1) is 16.1. The minimum Gasteiger partial charge on any atom is -0.497 e. The van der Waals surface area contributed by atoms with Gasteiger partial charge in [-0.05, 0) is 47.7 Å². The smallest absolute Gasteiger partial charge is 0.271 e. The Morgan fingerprint density at radius 1 is 1.04 bits per heavy atom. The molecule has 1 saturated heterocycles. The van der Waals surface area contributed by atoms with Crippen molar-refractivity contribution in [2.24, 2.45) is 0 Å². The molecule has 6 heteroatoms. The molecule has 0 aliphatic carbocycles. The summed E-state index contributed by atoms with van der Waals surface area (Å²) in [6, 6.07) is 14.6. The highest BCUT2D eigenvalue weighted by molar-refractivity contribution is 8.19. The van der Waals surface area contributed by atoms with Crippen LogP contribution in [0.1, 0.15) is 5.56 Å². The third kappa shape index (κ3) is 3.00. The van der Waals surface area contributed by atoms with Gasteiger partial charge in [-0.15, -0.1) is 0 Å². The molecule has 0 saturated carbocycles. The van der Waals surface area contributed by atoms with E-state index in [-0.39, 0.29) is 11.1 Å². The normalized spacial score (nSPS) is 15.9. The van der Waals surface area contributed by atoms with Crippen molar-refractivity contribution >= 4 is 34.6 Å². The third-order valence-electron chi connectivity index (χ3n) is 3.56. The molecule has 0 spiro atoms. The zero-order valence-corrected chi connectivity index (χ0v) is 14.1. The van der Waals surface area contributed by atoms with E-state index in [0.717, 1.165) is 23.1 Å². The number of rotatable bonds is 4. The highest BCUT2D eigenvalue weighted by Gasteiger charge is 2.35. The summed E-state index contributed by atoms with van der Waals surface area (Å²) in [4.78, 5) is 14.6. The molecule has 1 N–H and O–H groups in total. The maximum atomic E-state index is 12.7. The van der Waals surface area contributed by atoms with Crippen molar-refractivity contribution in [2.75, 3.05) is 19.1 Å². The van der Waals surface area contributed by atoms with Gasteiger partial charge >= 0.3 is 0 Å².